The minimum atomic E-state index is -0.387. The fourth-order valence-corrected chi connectivity index (χ4v) is 4.85. The summed E-state index contributed by atoms with van der Waals surface area (Å²) in [5.41, 5.74) is 3.04. The van der Waals surface area contributed by atoms with E-state index in [4.69, 9.17) is 4.74 Å². The first kappa shape index (κ1) is 12.8. The molecule has 1 saturated heterocycles. The van der Waals surface area contributed by atoms with Crippen molar-refractivity contribution in [1.82, 2.24) is 4.90 Å². The van der Waals surface area contributed by atoms with Gasteiger partial charge in [-0.15, -0.1) is 11.8 Å². The third-order valence-corrected chi connectivity index (χ3v) is 5.72. The Morgan fingerprint density at radius 3 is 2.90 bits per heavy atom. The smallest absolute Gasteiger partial charge is 0.255 e. The zero-order valence-electron chi connectivity index (χ0n) is 11.7. The number of amides is 1. The van der Waals surface area contributed by atoms with Crippen molar-refractivity contribution in [3.05, 3.63) is 65.2 Å². The van der Waals surface area contributed by atoms with Crippen molar-refractivity contribution in [2.45, 2.75) is 4.87 Å². The SMILES string of the molecule is COc1cccc(C23SCCN2C(=O)c2ccccc23)c1. The van der Waals surface area contributed by atoms with Crippen molar-refractivity contribution in [2.75, 3.05) is 19.4 Å². The number of hydrogen-bond acceptors (Lipinski definition) is 3. The molecule has 21 heavy (non-hydrogen) atoms. The van der Waals surface area contributed by atoms with Gasteiger partial charge in [-0.25, -0.2) is 0 Å². The fourth-order valence-electron chi connectivity index (χ4n) is 3.33. The maximum Gasteiger partial charge on any atom is 0.255 e. The topological polar surface area (TPSA) is 29.5 Å². The first-order chi connectivity index (χ1) is 10.3. The molecule has 4 heteroatoms. The van der Waals surface area contributed by atoms with Crippen LogP contribution in [0.15, 0.2) is 48.5 Å². The van der Waals surface area contributed by atoms with E-state index in [1.54, 1.807) is 7.11 Å². The maximum absolute atomic E-state index is 12.7. The van der Waals surface area contributed by atoms with Crippen LogP contribution in [0.25, 0.3) is 0 Å². The molecule has 3 nitrogen and oxygen atoms in total. The van der Waals surface area contributed by atoms with E-state index in [0.717, 1.165) is 34.7 Å². The van der Waals surface area contributed by atoms with Gasteiger partial charge in [0.15, 0.2) is 0 Å². The molecule has 0 N–H and O–H groups in total. The molecule has 0 aliphatic carbocycles. The number of thioether (sulfide) groups is 1. The highest BCUT2D eigenvalue weighted by atomic mass is 32.2. The van der Waals surface area contributed by atoms with Gasteiger partial charge < -0.3 is 9.64 Å². The van der Waals surface area contributed by atoms with Crippen LogP contribution in [0, 0.1) is 0 Å². The summed E-state index contributed by atoms with van der Waals surface area (Å²) < 4.78 is 5.36. The van der Waals surface area contributed by atoms with Crippen LogP contribution in [-0.2, 0) is 4.87 Å². The number of carbonyl (C=O) groups is 1. The zero-order valence-corrected chi connectivity index (χ0v) is 12.5. The molecular weight excluding hydrogens is 282 g/mol. The second kappa shape index (κ2) is 4.53. The van der Waals surface area contributed by atoms with Crippen molar-refractivity contribution in [3.8, 4) is 5.75 Å². The lowest BCUT2D eigenvalue weighted by molar-refractivity contribution is 0.0752. The third kappa shape index (κ3) is 1.59. The first-order valence-corrected chi connectivity index (χ1v) is 7.96. The lowest BCUT2D eigenvalue weighted by Gasteiger charge is -2.32. The second-order valence-electron chi connectivity index (χ2n) is 5.23. The van der Waals surface area contributed by atoms with Crippen molar-refractivity contribution < 1.29 is 9.53 Å². The number of fused-ring (bicyclic) bond motifs is 3. The van der Waals surface area contributed by atoms with Crippen molar-refractivity contribution in [3.63, 3.8) is 0 Å². The van der Waals surface area contributed by atoms with Gasteiger partial charge in [0.1, 0.15) is 10.6 Å². The molecule has 0 radical (unpaired) electrons. The fraction of sp³-hybridized carbons (Fsp3) is 0.235. The summed E-state index contributed by atoms with van der Waals surface area (Å²) in [5.74, 6) is 1.92. The minimum Gasteiger partial charge on any atom is -0.497 e. The van der Waals surface area contributed by atoms with Crippen LogP contribution in [0.4, 0.5) is 0 Å². The molecule has 1 unspecified atom stereocenters. The highest BCUT2D eigenvalue weighted by molar-refractivity contribution is 8.00. The molecule has 2 heterocycles. The van der Waals surface area contributed by atoms with Crippen LogP contribution in [0.3, 0.4) is 0 Å². The molecule has 0 spiro atoms. The number of ether oxygens (including phenoxy) is 1. The van der Waals surface area contributed by atoms with Gasteiger partial charge in [-0.05, 0) is 23.8 Å². The Labute approximate surface area is 127 Å². The number of carbonyl (C=O) groups excluding carboxylic acids is 1. The molecule has 1 amide bonds. The molecule has 106 valence electrons. The van der Waals surface area contributed by atoms with Crippen LogP contribution >= 0.6 is 11.8 Å². The van der Waals surface area contributed by atoms with E-state index < -0.39 is 0 Å². The molecule has 1 fully saturated rings. The monoisotopic (exact) mass is 297 g/mol. The zero-order chi connectivity index (χ0) is 14.4. The number of methoxy groups -OCH3 is 1. The number of hydrogen-bond donors (Lipinski definition) is 0. The van der Waals surface area contributed by atoms with Gasteiger partial charge in [0.2, 0.25) is 0 Å². The van der Waals surface area contributed by atoms with Crippen molar-refractivity contribution >= 4 is 17.7 Å². The Bertz CT molecular complexity index is 730. The van der Waals surface area contributed by atoms with Crippen molar-refractivity contribution in [1.29, 1.82) is 0 Å². The Kier molecular flexibility index (Phi) is 2.76. The van der Waals surface area contributed by atoms with E-state index in [-0.39, 0.29) is 10.8 Å². The minimum absolute atomic E-state index is 0.137. The molecular formula is C17H15NO2S. The Balaban J connectivity index is 1.97. The van der Waals surface area contributed by atoms with Gasteiger partial charge in [0, 0.05) is 23.4 Å². The second-order valence-corrected chi connectivity index (χ2v) is 6.51. The maximum atomic E-state index is 12.7. The van der Waals surface area contributed by atoms with Crippen LogP contribution in [-0.4, -0.2) is 30.2 Å². The molecule has 0 aromatic heterocycles. The lowest BCUT2D eigenvalue weighted by atomic mass is 9.97. The van der Waals surface area contributed by atoms with E-state index in [1.807, 2.05) is 53.1 Å². The molecule has 1 atom stereocenters. The summed E-state index contributed by atoms with van der Waals surface area (Å²) in [5, 5.41) is 0. The average molecular weight is 297 g/mol. The van der Waals surface area contributed by atoms with Gasteiger partial charge in [-0.1, -0.05) is 30.3 Å². The first-order valence-electron chi connectivity index (χ1n) is 6.97. The largest absolute Gasteiger partial charge is 0.497 e. The van der Waals surface area contributed by atoms with E-state index in [1.165, 1.54) is 0 Å². The average Bonchev–Trinajstić information content (AvgIpc) is 3.08. The lowest BCUT2D eigenvalue weighted by Crippen LogP contribution is -2.37. The summed E-state index contributed by atoms with van der Waals surface area (Å²) in [7, 11) is 1.67. The van der Waals surface area contributed by atoms with E-state index in [2.05, 4.69) is 12.1 Å². The standard InChI is InChI=1S/C17H15NO2S/c1-20-13-6-4-5-12(11-13)17-15-8-3-2-7-14(15)16(19)18(17)9-10-21-17/h2-8,11H,9-10H2,1H3. The third-order valence-electron chi connectivity index (χ3n) is 4.23. The van der Waals surface area contributed by atoms with E-state index in [9.17, 15) is 4.79 Å². The van der Waals surface area contributed by atoms with Crippen LogP contribution in [0.1, 0.15) is 21.5 Å². The molecule has 0 bridgehead atoms. The molecule has 2 aromatic carbocycles. The van der Waals surface area contributed by atoms with E-state index >= 15 is 0 Å². The number of rotatable bonds is 2. The molecule has 4 rings (SSSR count). The summed E-state index contributed by atoms with van der Waals surface area (Å²) in [6, 6.07) is 16.0. The Morgan fingerprint density at radius 2 is 2.05 bits per heavy atom. The van der Waals surface area contributed by atoms with Crippen LogP contribution in [0.2, 0.25) is 0 Å². The predicted molar refractivity (Wildman–Crippen MR) is 83.7 cm³/mol. The predicted octanol–water partition coefficient (Wildman–Crippen LogP) is 3.10. The Morgan fingerprint density at radius 1 is 1.19 bits per heavy atom. The molecule has 2 aliphatic heterocycles. The van der Waals surface area contributed by atoms with Gasteiger partial charge in [-0.3, -0.25) is 4.79 Å². The van der Waals surface area contributed by atoms with Crippen molar-refractivity contribution in [2.24, 2.45) is 0 Å². The number of nitrogens with zero attached hydrogens (tertiary/aromatic N) is 1. The van der Waals surface area contributed by atoms with Crippen LogP contribution in [0.5, 0.6) is 5.75 Å². The summed E-state index contributed by atoms with van der Waals surface area (Å²) >= 11 is 1.83. The summed E-state index contributed by atoms with van der Waals surface area (Å²) in [6.07, 6.45) is 0. The highest BCUT2D eigenvalue weighted by Crippen LogP contribution is 2.55. The van der Waals surface area contributed by atoms with Gasteiger partial charge in [0.25, 0.3) is 5.91 Å². The molecule has 0 saturated carbocycles. The summed E-state index contributed by atoms with van der Waals surface area (Å²) in [6.45, 7) is 0.787. The van der Waals surface area contributed by atoms with Gasteiger partial charge in [0.05, 0.1) is 7.11 Å². The number of benzene rings is 2. The van der Waals surface area contributed by atoms with Gasteiger partial charge >= 0.3 is 0 Å². The highest BCUT2D eigenvalue weighted by Gasteiger charge is 2.54. The van der Waals surface area contributed by atoms with Crippen LogP contribution < -0.4 is 4.74 Å². The normalized spacial score (nSPS) is 23.1. The molecule has 2 aromatic rings. The Hall–Kier alpha value is -1.94. The van der Waals surface area contributed by atoms with E-state index in [0.29, 0.717) is 0 Å². The molecule has 2 aliphatic rings. The summed E-state index contributed by atoms with van der Waals surface area (Å²) in [4.78, 5) is 14.3. The van der Waals surface area contributed by atoms with Gasteiger partial charge in [-0.2, -0.15) is 0 Å². The quantitative estimate of drug-likeness (QED) is 0.853.